The number of carbonyl (C=O) groups is 2. The van der Waals surface area contributed by atoms with E-state index >= 15 is 4.39 Å². The third-order valence-corrected chi connectivity index (χ3v) is 8.61. The molecule has 0 radical (unpaired) electrons. The number of fused-ring (bicyclic) bond motifs is 3. The van der Waals surface area contributed by atoms with E-state index in [2.05, 4.69) is 6.58 Å². The number of rotatable bonds is 5. The summed E-state index contributed by atoms with van der Waals surface area (Å²) in [6.07, 6.45) is 0.0498. The van der Waals surface area contributed by atoms with Crippen LogP contribution in [-0.4, -0.2) is 79.7 Å². The monoisotopic (exact) mass is 543 g/mol. The zero-order chi connectivity index (χ0) is 29.4. The fraction of sp³-hybridized carbons (Fsp3) is 0.517. The number of nitrogens with two attached hydrogens (primary N) is 1. The van der Waals surface area contributed by atoms with E-state index in [1.807, 2.05) is 32.6 Å². The van der Waals surface area contributed by atoms with Crippen LogP contribution in [0.25, 0.3) is 5.76 Å². The van der Waals surface area contributed by atoms with Crippen LogP contribution in [0, 0.1) is 17.7 Å². The highest BCUT2D eigenvalue weighted by molar-refractivity contribution is 6.13. The lowest BCUT2D eigenvalue weighted by Crippen LogP contribution is -2.63. The first-order valence-electron chi connectivity index (χ1n) is 13.1. The summed E-state index contributed by atoms with van der Waals surface area (Å²) in [6.45, 7) is 12.6. The average Bonchev–Trinajstić information content (AvgIpc) is 2.81. The zero-order valence-corrected chi connectivity index (χ0v) is 23.3. The van der Waals surface area contributed by atoms with E-state index in [9.17, 15) is 30.0 Å². The molecule has 9 nitrogen and oxygen atoms in total. The Bertz CT molecular complexity index is 1340. The Morgan fingerprint density at radius 3 is 2.38 bits per heavy atom. The molecule has 1 saturated carbocycles. The molecule has 0 aromatic heterocycles. The van der Waals surface area contributed by atoms with Crippen molar-refractivity contribution in [2.45, 2.75) is 64.3 Å². The number of hydrogen-bond acceptors (Lipinski definition) is 8. The number of carbonyl (C=O) groups excluding carboxylic acids is 2. The molecule has 1 fully saturated rings. The van der Waals surface area contributed by atoms with Gasteiger partial charge in [0.2, 0.25) is 0 Å². The van der Waals surface area contributed by atoms with Crippen LogP contribution in [0.15, 0.2) is 35.1 Å². The molecule has 10 heteroatoms. The molecule has 4 rings (SSSR count). The third kappa shape index (κ3) is 4.16. The van der Waals surface area contributed by atoms with Crippen molar-refractivity contribution in [3.05, 3.63) is 57.6 Å². The molecule has 3 aliphatic carbocycles. The van der Waals surface area contributed by atoms with Gasteiger partial charge < -0.3 is 26.2 Å². The molecule has 0 saturated heterocycles. The second-order valence-corrected chi connectivity index (χ2v) is 12.0. The maximum Gasteiger partial charge on any atom is 0.252 e. The van der Waals surface area contributed by atoms with Gasteiger partial charge in [0.05, 0.1) is 17.2 Å². The van der Waals surface area contributed by atoms with Crippen LogP contribution >= 0.6 is 0 Å². The van der Waals surface area contributed by atoms with E-state index in [0.29, 0.717) is 6.54 Å². The Morgan fingerprint density at radius 2 is 1.87 bits per heavy atom. The van der Waals surface area contributed by atoms with Gasteiger partial charge in [-0.25, -0.2) is 4.39 Å². The van der Waals surface area contributed by atoms with E-state index in [0.717, 1.165) is 0 Å². The van der Waals surface area contributed by atoms with Crippen LogP contribution in [-0.2, 0) is 22.6 Å². The number of aliphatic hydroxyl groups is 3. The highest BCUT2D eigenvalue weighted by atomic mass is 19.1. The second-order valence-electron chi connectivity index (χ2n) is 12.0. The summed E-state index contributed by atoms with van der Waals surface area (Å²) in [5.74, 6) is -5.61. The quantitative estimate of drug-likeness (QED) is 0.381. The lowest BCUT2D eigenvalue weighted by molar-refractivity contribution is -0.143. The Kier molecular flexibility index (Phi) is 6.99. The normalized spacial score (nSPS) is 27.2. The number of halogens is 1. The molecule has 0 aliphatic heterocycles. The number of amides is 1. The molecule has 1 aromatic rings. The van der Waals surface area contributed by atoms with Gasteiger partial charge in [-0.3, -0.25) is 19.4 Å². The Balaban J connectivity index is 1.88. The minimum atomic E-state index is -2.36. The van der Waals surface area contributed by atoms with Crippen LogP contribution in [0.5, 0.6) is 5.75 Å². The summed E-state index contributed by atoms with van der Waals surface area (Å²) in [4.78, 5) is 29.8. The number of Topliss-reactive ketones (excluding diaryl/α,β-unsaturated/α-hetero) is 1. The SMILES string of the molecule is C=C1C(C(N)=O)=C(O)[C@@H](N(C)C)[C@@H]2C[C@@H]3Cc4c(F)c(CN(CC)C(C)(C)C)cc(O)c4C(O)=C3C(=O)[C@]12O. The highest BCUT2D eigenvalue weighted by Gasteiger charge is 2.62. The Hall–Kier alpha value is -3.21. The van der Waals surface area contributed by atoms with Crippen molar-refractivity contribution < 1.29 is 34.4 Å². The predicted molar refractivity (Wildman–Crippen MR) is 144 cm³/mol. The fourth-order valence-electron chi connectivity index (χ4n) is 6.66. The molecule has 1 aromatic carbocycles. The van der Waals surface area contributed by atoms with Gasteiger partial charge in [0.1, 0.15) is 23.1 Å². The number of hydrogen-bond donors (Lipinski definition) is 5. The fourth-order valence-corrected chi connectivity index (χ4v) is 6.66. The summed E-state index contributed by atoms with van der Waals surface area (Å²) >= 11 is 0. The number of likely N-dealkylation sites (N-methyl/N-ethyl adjacent to an activating group) is 1. The predicted octanol–water partition coefficient (Wildman–Crippen LogP) is 2.71. The van der Waals surface area contributed by atoms with Crippen molar-refractivity contribution in [2.24, 2.45) is 17.6 Å². The molecule has 3 aliphatic rings. The van der Waals surface area contributed by atoms with Crippen molar-refractivity contribution >= 4 is 17.4 Å². The van der Waals surface area contributed by atoms with E-state index in [-0.39, 0.29) is 58.5 Å². The number of primary amides is 1. The standard InChI is InChI=1S/C29H38FN3O6/c1-8-33(28(3,4)5)12-15-11-18(34)21-16(22(15)30)9-14-10-17-23(32(6)7)25(36)19(27(31)38)13(2)29(17,39)26(37)20(14)24(21)35/h11,14,17,23,34-36,39H,2,8-10,12H2,1,3-7H3,(H2,31,38)/t14-,17-,23-,29-/m0/s1. The number of aliphatic hydroxyl groups excluding tert-OH is 2. The smallest absolute Gasteiger partial charge is 0.252 e. The second kappa shape index (κ2) is 9.46. The van der Waals surface area contributed by atoms with Crippen molar-refractivity contribution in [1.29, 1.82) is 0 Å². The molecule has 4 atom stereocenters. The lowest BCUT2D eigenvalue weighted by Gasteiger charge is -2.52. The summed E-state index contributed by atoms with van der Waals surface area (Å²) in [5, 5.41) is 45.0. The van der Waals surface area contributed by atoms with Gasteiger partial charge in [-0.15, -0.1) is 0 Å². The number of nitrogens with zero attached hydrogens (tertiary/aromatic N) is 2. The molecule has 212 valence electrons. The Labute approximate surface area is 227 Å². The number of phenolic OH excluding ortho intramolecular Hbond substituents is 1. The first-order valence-corrected chi connectivity index (χ1v) is 13.1. The molecule has 0 heterocycles. The van der Waals surface area contributed by atoms with E-state index in [4.69, 9.17) is 5.73 Å². The Morgan fingerprint density at radius 1 is 1.26 bits per heavy atom. The van der Waals surface area contributed by atoms with E-state index in [1.165, 1.54) is 6.07 Å². The van der Waals surface area contributed by atoms with Gasteiger partial charge in [-0.2, -0.15) is 0 Å². The van der Waals surface area contributed by atoms with Crippen LogP contribution in [0.3, 0.4) is 0 Å². The molecule has 6 N–H and O–H groups in total. The summed E-state index contributed by atoms with van der Waals surface area (Å²) < 4.78 is 16.0. The third-order valence-electron chi connectivity index (χ3n) is 8.61. The molecule has 0 unspecified atom stereocenters. The van der Waals surface area contributed by atoms with Gasteiger partial charge >= 0.3 is 0 Å². The topological polar surface area (TPSA) is 148 Å². The van der Waals surface area contributed by atoms with Crippen LogP contribution < -0.4 is 5.73 Å². The summed E-state index contributed by atoms with van der Waals surface area (Å²) in [7, 11) is 3.24. The van der Waals surface area contributed by atoms with Crippen molar-refractivity contribution in [3.8, 4) is 5.75 Å². The first-order chi connectivity index (χ1) is 18.0. The molecule has 0 spiro atoms. The number of ketones is 1. The molecular formula is C29H38FN3O6. The maximum absolute atomic E-state index is 16.0. The number of phenols is 1. The van der Waals surface area contributed by atoms with Crippen LogP contribution in [0.2, 0.25) is 0 Å². The van der Waals surface area contributed by atoms with Gasteiger partial charge in [0.15, 0.2) is 11.4 Å². The molecule has 0 bridgehead atoms. The van der Waals surface area contributed by atoms with Gasteiger partial charge in [0.25, 0.3) is 5.91 Å². The number of aromatic hydroxyl groups is 1. The summed E-state index contributed by atoms with van der Waals surface area (Å²) in [6, 6.07) is 0.296. The van der Waals surface area contributed by atoms with Gasteiger partial charge in [-0.05, 0) is 66.2 Å². The minimum absolute atomic E-state index is 0.0122. The largest absolute Gasteiger partial charge is 0.510 e. The molecular weight excluding hydrogens is 505 g/mol. The van der Waals surface area contributed by atoms with Gasteiger partial charge in [0, 0.05) is 40.3 Å². The lowest BCUT2D eigenvalue weighted by atomic mass is 9.56. The highest BCUT2D eigenvalue weighted by Crippen LogP contribution is 2.54. The minimum Gasteiger partial charge on any atom is -0.510 e. The van der Waals surface area contributed by atoms with Gasteiger partial charge in [-0.1, -0.05) is 13.5 Å². The average molecular weight is 544 g/mol. The summed E-state index contributed by atoms with van der Waals surface area (Å²) in [5.41, 5.74) is 2.09. The van der Waals surface area contributed by atoms with Crippen molar-refractivity contribution in [2.75, 3.05) is 20.6 Å². The van der Waals surface area contributed by atoms with Crippen molar-refractivity contribution in [3.63, 3.8) is 0 Å². The maximum atomic E-state index is 16.0. The molecule has 39 heavy (non-hydrogen) atoms. The van der Waals surface area contributed by atoms with E-state index in [1.54, 1.807) is 19.0 Å². The number of benzene rings is 1. The van der Waals surface area contributed by atoms with E-state index < -0.39 is 58.1 Å². The van der Waals surface area contributed by atoms with Crippen LogP contribution in [0.1, 0.15) is 50.8 Å². The van der Waals surface area contributed by atoms with Crippen LogP contribution in [0.4, 0.5) is 4.39 Å². The van der Waals surface area contributed by atoms with Crippen molar-refractivity contribution in [1.82, 2.24) is 9.80 Å². The zero-order valence-electron chi connectivity index (χ0n) is 23.3. The first kappa shape index (κ1) is 28.8. The molecule has 1 amide bonds.